The number of hydrogen-bond donors (Lipinski definition) is 0. The number of halogens is 2. The van der Waals surface area contributed by atoms with Crippen molar-refractivity contribution in [3.05, 3.63) is 70.7 Å². The van der Waals surface area contributed by atoms with Gasteiger partial charge in [-0.25, -0.2) is 9.67 Å². The highest BCUT2D eigenvalue weighted by molar-refractivity contribution is 6.31. The van der Waals surface area contributed by atoms with Crippen LogP contribution in [0.15, 0.2) is 55.1 Å². The van der Waals surface area contributed by atoms with E-state index in [9.17, 15) is 0 Å². The van der Waals surface area contributed by atoms with E-state index in [0.717, 1.165) is 12.0 Å². The van der Waals surface area contributed by atoms with E-state index in [4.69, 9.17) is 37.4 Å². The van der Waals surface area contributed by atoms with Crippen molar-refractivity contribution in [3.8, 4) is 11.5 Å². The van der Waals surface area contributed by atoms with Gasteiger partial charge in [-0.3, -0.25) is 0 Å². The quantitative estimate of drug-likeness (QED) is 0.558. The summed E-state index contributed by atoms with van der Waals surface area (Å²) >= 11 is 12.5. The van der Waals surface area contributed by atoms with E-state index in [0.29, 0.717) is 34.7 Å². The molecule has 2 unspecified atom stereocenters. The van der Waals surface area contributed by atoms with Crippen LogP contribution in [0.3, 0.4) is 0 Å². The van der Waals surface area contributed by atoms with Gasteiger partial charge in [-0.1, -0.05) is 30.1 Å². The summed E-state index contributed by atoms with van der Waals surface area (Å²) in [4.78, 5) is 4.00. The Balaban J connectivity index is 1.62. The summed E-state index contributed by atoms with van der Waals surface area (Å²) in [5.74, 6) is 0.256. The smallest absolute Gasteiger partial charge is 0.217 e. The normalized spacial score (nSPS) is 21.8. The Morgan fingerprint density at radius 3 is 2.61 bits per heavy atom. The molecule has 4 rings (SSSR count). The molecule has 3 aromatic rings. The molecule has 2 heterocycles. The van der Waals surface area contributed by atoms with Crippen molar-refractivity contribution in [1.82, 2.24) is 14.8 Å². The molecule has 2 aromatic carbocycles. The maximum atomic E-state index is 6.62. The summed E-state index contributed by atoms with van der Waals surface area (Å²) in [6, 6.07) is 12.6. The molecule has 0 amide bonds. The van der Waals surface area contributed by atoms with Crippen LogP contribution in [0.4, 0.5) is 0 Å². The second-order valence-electron chi connectivity index (χ2n) is 6.50. The molecular weight excluding hydrogens is 401 g/mol. The van der Waals surface area contributed by atoms with E-state index < -0.39 is 5.79 Å². The van der Waals surface area contributed by atoms with Crippen molar-refractivity contribution in [2.75, 3.05) is 6.61 Å². The number of hydrogen-bond acceptors (Lipinski definition) is 5. The van der Waals surface area contributed by atoms with E-state index >= 15 is 0 Å². The highest BCUT2D eigenvalue weighted by Gasteiger charge is 2.44. The fraction of sp³-hybridized carbons (Fsp3) is 0.300. The summed E-state index contributed by atoms with van der Waals surface area (Å²) in [6.07, 6.45) is 3.93. The van der Waals surface area contributed by atoms with Crippen LogP contribution in [0.1, 0.15) is 18.9 Å². The number of ether oxygens (including phenoxy) is 3. The monoisotopic (exact) mass is 419 g/mol. The second-order valence-corrected chi connectivity index (χ2v) is 7.35. The maximum absolute atomic E-state index is 6.62. The Morgan fingerprint density at radius 1 is 1.18 bits per heavy atom. The van der Waals surface area contributed by atoms with Gasteiger partial charge in [-0.15, -0.1) is 0 Å². The van der Waals surface area contributed by atoms with Gasteiger partial charge < -0.3 is 14.2 Å². The van der Waals surface area contributed by atoms with E-state index in [1.54, 1.807) is 41.3 Å². The predicted molar refractivity (Wildman–Crippen MR) is 106 cm³/mol. The van der Waals surface area contributed by atoms with Crippen LogP contribution >= 0.6 is 23.2 Å². The van der Waals surface area contributed by atoms with Crippen molar-refractivity contribution in [3.63, 3.8) is 0 Å². The summed E-state index contributed by atoms with van der Waals surface area (Å²) in [5.41, 5.74) is 0.726. The topological polar surface area (TPSA) is 58.4 Å². The third-order valence-electron chi connectivity index (χ3n) is 4.55. The summed E-state index contributed by atoms with van der Waals surface area (Å²) in [6.45, 7) is 2.90. The van der Waals surface area contributed by atoms with Gasteiger partial charge in [-0.2, -0.15) is 5.10 Å². The van der Waals surface area contributed by atoms with Crippen LogP contribution in [0.2, 0.25) is 10.0 Å². The molecule has 2 atom stereocenters. The highest BCUT2D eigenvalue weighted by Crippen LogP contribution is 2.41. The molecule has 6 nitrogen and oxygen atoms in total. The molecule has 1 aliphatic rings. The lowest BCUT2D eigenvalue weighted by Crippen LogP contribution is -2.34. The SMILES string of the molecule is CCC1COC(Cn2cncn2)(c2ccc(Oc3ccc(Cl)cc3)cc2Cl)O1. The molecule has 1 saturated heterocycles. The lowest BCUT2D eigenvalue weighted by Gasteiger charge is -2.29. The molecule has 1 fully saturated rings. The first-order chi connectivity index (χ1) is 13.6. The van der Waals surface area contributed by atoms with Crippen LogP contribution < -0.4 is 4.74 Å². The molecule has 146 valence electrons. The Labute approximate surface area is 173 Å². The fourth-order valence-corrected chi connectivity index (χ4v) is 3.55. The zero-order chi connectivity index (χ0) is 19.6. The maximum Gasteiger partial charge on any atom is 0.217 e. The second kappa shape index (κ2) is 8.09. The molecule has 0 saturated carbocycles. The van der Waals surface area contributed by atoms with Crippen molar-refractivity contribution in [2.24, 2.45) is 0 Å². The molecule has 8 heteroatoms. The van der Waals surface area contributed by atoms with Gasteiger partial charge in [0.1, 0.15) is 30.7 Å². The van der Waals surface area contributed by atoms with Gasteiger partial charge in [0.2, 0.25) is 5.79 Å². The minimum Gasteiger partial charge on any atom is -0.457 e. The third-order valence-corrected chi connectivity index (χ3v) is 5.12. The molecule has 1 aliphatic heterocycles. The van der Waals surface area contributed by atoms with Gasteiger partial charge in [0.05, 0.1) is 17.7 Å². The lowest BCUT2D eigenvalue weighted by molar-refractivity contribution is -0.188. The van der Waals surface area contributed by atoms with Crippen LogP contribution in [0.5, 0.6) is 11.5 Å². The molecule has 0 radical (unpaired) electrons. The van der Waals surface area contributed by atoms with Crippen LogP contribution in [0.25, 0.3) is 0 Å². The number of rotatable bonds is 6. The molecule has 0 aliphatic carbocycles. The van der Waals surface area contributed by atoms with Gasteiger partial charge in [0.25, 0.3) is 0 Å². The van der Waals surface area contributed by atoms with Gasteiger partial charge in [-0.05, 0) is 48.9 Å². The highest BCUT2D eigenvalue weighted by atomic mass is 35.5. The summed E-state index contributed by atoms with van der Waals surface area (Å²) in [5, 5.41) is 5.32. The summed E-state index contributed by atoms with van der Waals surface area (Å²) < 4.78 is 19.9. The van der Waals surface area contributed by atoms with Crippen LogP contribution in [-0.4, -0.2) is 27.5 Å². The number of aromatic nitrogens is 3. The zero-order valence-electron chi connectivity index (χ0n) is 15.2. The van der Waals surface area contributed by atoms with E-state index in [2.05, 4.69) is 17.0 Å². The molecular formula is C20H19Cl2N3O3. The van der Waals surface area contributed by atoms with Crippen molar-refractivity contribution >= 4 is 23.2 Å². The van der Waals surface area contributed by atoms with Gasteiger partial charge in [0, 0.05) is 10.6 Å². The molecule has 0 N–H and O–H groups in total. The molecule has 28 heavy (non-hydrogen) atoms. The minimum absolute atomic E-state index is 0.00965. The average Bonchev–Trinajstić information content (AvgIpc) is 3.34. The zero-order valence-corrected chi connectivity index (χ0v) is 16.7. The third kappa shape index (κ3) is 4.00. The van der Waals surface area contributed by atoms with Crippen molar-refractivity contribution in [2.45, 2.75) is 31.8 Å². The first-order valence-corrected chi connectivity index (χ1v) is 9.71. The Bertz CT molecular complexity index is 934. The Morgan fingerprint density at radius 2 is 1.96 bits per heavy atom. The Hall–Kier alpha value is -2.12. The predicted octanol–water partition coefficient (Wildman–Crippen LogP) is 5.06. The first kappa shape index (κ1) is 19.2. The largest absolute Gasteiger partial charge is 0.457 e. The molecule has 0 spiro atoms. The van der Waals surface area contributed by atoms with Crippen LogP contribution in [0, 0.1) is 0 Å². The summed E-state index contributed by atoms with van der Waals surface area (Å²) in [7, 11) is 0. The van der Waals surface area contributed by atoms with Gasteiger partial charge in [0.15, 0.2) is 0 Å². The van der Waals surface area contributed by atoms with E-state index in [1.807, 2.05) is 12.1 Å². The molecule has 0 bridgehead atoms. The Kier molecular flexibility index (Phi) is 5.55. The van der Waals surface area contributed by atoms with Crippen molar-refractivity contribution < 1.29 is 14.2 Å². The van der Waals surface area contributed by atoms with E-state index in [1.165, 1.54) is 6.33 Å². The number of nitrogens with zero attached hydrogens (tertiary/aromatic N) is 3. The lowest BCUT2D eigenvalue weighted by atomic mass is 10.1. The van der Waals surface area contributed by atoms with Crippen molar-refractivity contribution in [1.29, 1.82) is 0 Å². The average molecular weight is 420 g/mol. The molecule has 1 aromatic heterocycles. The standard InChI is InChI=1S/C20H19Cl2N3O3/c1-2-15-10-26-20(28-15,11-25-13-23-12-24-25)18-8-7-17(9-19(18)22)27-16-5-3-14(21)4-6-16/h3-9,12-13,15H,2,10-11H2,1H3. The first-order valence-electron chi connectivity index (χ1n) is 8.95. The van der Waals surface area contributed by atoms with Gasteiger partial charge >= 0.3 is 0 Å². The van der Waals surface area contributed by atoms with E-state index in [-0.39, 0.29) is 6.10 Å². The fourth-order valence-electron chi connectivity index (χ4n) is 3.11. The van der Waals surface area contributed by atoms with Crippen LogP contribution in [-0.2, 0) is 21.8 Å². The minimum atomic E-state index is -1.02. The number of benzene rings is 2.